The number of likely N-dealkylation sites (tertiary alicyclic amines) is 1. The van der Waals surface area contributed by atoms with Crippen LogP contribution in [0.25, 0.3) is 22.4 Å². The van der Waals surface area contributed by atoms with E-state index >= 15 is 4.39 Å². The number of alkyl halides is 3. The Morgan fingerprint density at radius 3 is 2.56 bits per heavy atom. The van der Waals surface area contributed by atoms with E-state index in [2.05, 4.69) is 32.0 Å². The van der Waals surface area contributed by atoms with Gasteiger partial charge in [0.1, 0.15) is 5.82 Å². The lowest BCUT2D eigenvalue weighted by Gasteiger charge is -2.50. The minimum absolute atomic E-state index is 0.205. The summed E-state index contributed by atoms with van der Waals surface area (Å²) < 4.78 is 59.4. The maximum Gasteiger partial charge on any atom is 0.470 e. The van der Waals surface area contributed by atoms with Crippen LogP contribution in [0, 0.1) is 11.2 Å². The van der Waals surface area contributed by atoms with Gasteiger partial charge in [0.05, 0.1) is 11.1 Å². The third-order valence-electron chi connectivity index (χ3n) is 8.93. The summed E-state index contributed by atoms with van der Waals surface area (Å²) in [5, 5.41) is 22.3. The number of halogens is 4. The van der Waals surface area contributed by atoms with E-state index in [-0.39, 0.29) is 17.4 Å². The zero-order valence-corrected chi connectivity index (χ0v) is 24.0. The van der Waals surface area contributed by atoms with Crippen molar-refractivity contribution in [3.63, 3.8) is 0 Å². The van der Waals surface area contributed by atoms with Crippen LogP contribution in [0.2, 0.25) is 0 Å². The zero-order valence-electron chi connectivity index (χ0n) is 24.0. The van der Waals surface area contributed by atoms with E-state index in [9.17, 15) is 18.3 Å². The highest BCUT2D eigenvalue weighted by atomic mass is 19.4. The first-order chi connectivity index (χ1) is 20.3. The molecular formula is C32H33F4N5O2. The third kappa shape index (κ3) is 5.51. The van der Waals surface area contributed by atoms with E-state index in [0.717, 1.165) is 36.2 Å². The van der Waals surface area contributed by atoms with Crippen molar-refractivity contribution in [3.8, 4) is 11.5 Å². The van der Waals surface area contributed by atoms with Crippen LogP contribution in [0.4, 0.5) is 17.6 Å². The van der Waals surface area contributed by atoms with Crippen LogP contribution in [-0.2, 0) is 18.3 Å². The Labute approximate surface area is 246 Å². The maximum absolute atomic E-state index is 16.2. The first kappa shape index (κ1) is 29.3. The molecule has 1 unspecified atom stereocenters. The molecule has 0 bridgehead atoms. The van der Waals surface area contributed by atoms with Gasteiger partial charge in [-0.2, -0.15) is 13.2 Å². The van der Waals surface area contributed by atoms with E-state index in [4.69, 9.17) is 4.42 Å². The van der Waals surface area contributed by atoms with Crippen molar-refractivity contribution in [2.75, 3.05) is 19.6 Å². The van der Waals surface area contributed by atoms with Crippen LogP contribution >= 0.6 is 0 Å². The highest BCUT2D eigenvalue weighted by Gasteiger charge is 2.50. The number of nitrogens with one attached hydrogen (secondary N) is 1. The second kappa shape index (κ2) is 10.7. The van der Waals surface area contributed by atoms with Crippen molar-refractivity contribution < 1.29 is 27.1 Å². The second-order valence-electron chi connectivity index (χ2n) is 12.3. The van der Waals surface area contributed by atoms with Crippen molar-refractivity contribution in [2.45, 2.75) is 57.3 Å². The first-order valence-corrected chi connectivity index (χ1v) is 14.3. The number of allylic oxidation sites excluding steroid dienone is 1. The minimum atomic E-state index is -4.70. The molecule has 7 nitrogen and oxygen atoms in total. The molecule has 0 spiro atoms. The molecule has 2 aromatic carbocycles. The van der Waals surface area contributed by atoms with Gasteiger partial charge < -0.3 is 14.8 Å². The highest BCUT2D eigenvalue weighted by molar-refractivity contribution is 5.81. The van der Waals surface area contributed by atoms with Crippen molar-refractivity contribution in [3.05, 3.63) is 89.3 Å². The lowest BCUT2D eigenvalue weighted by Crippen LogP contribution is -2.55. The SMILES string of the molecule is C=C1CCC(c2cnc3ccc([C@]4(O)CCN(Cc5ccc(-c6nnc(C(F)(F)F)o6)cc5)CC4(C)C)c(F)c3c2)CN1. The average Bonchev–Trinajstić information content (AvgIpc) is 3.47. The summed E-state index contributed by atoms with van der Waals surface area (Å²) in [4.78, 5) is 6.72. The van der Waals surface area contributed by atoms with E-state index in [1.54, 1.807) is 36.4 Å². The molecule has 2 N–H and O–H groups in total. The largest absolute Gasteiger partial charge is 0.470 e. The first-order valence-electron chi connectivity index (χ1n) is 14.3. The predicted octanol–water partition coefficient (Wildman–Crippen LogP) is 6.54. The molecule has 6 rings (SSSR count). The molecule has 2 fully saturated rings. The van der Waals surface area contributed by atoms with Crippen LogP contribution in [0.3, 0.4) is 0 Å². The van der Waals surface area contributed by atoms with Gasteiger partial charge in [-0.1, -0.05) is 38.6 Å². The Morgan fingerprint density at radius 2 is 1.91 bits per heavy atom. The van der Waals surface area contributed by atoms with Crippen molar-refractivity contribution >= 4 is 10.9 Å². The standard InChI is InChI=1S/C32H33F4N5O2/c1-19-4-7-22(15-37-19)23-14-24-26(38-16-23)11-10-25(27(24)33)31(42)12-13-41(18-30(31,2)3)17-20-5-8-21(9-6-20)28-39-40-29(43-28)32(34,35)36/h5-6,8-11,14,16,22,37,42H,1,4,7,12-13,15,17-18H2,2-3H3/t22?,31-/m1/s1. The van der Waals surface area contributed by atoms with Gasteiger partial charge in [0.2, 0.25) is 5.89 Å². The number of benzene rings is 2. The molecule has 226 valence electrons. The number of piperidine rings is 2. The monoisotopic (exact) mass is 595 g/mol. The van der Waals surface area contributed by atoms with Gasteiger partial charge in [-0.05, 0) is 54.7 Å². The van der Waals surface area contributed by atoms with Gasteiger partial charge in [-0.3, -0.25) is 9.88 Å². The average molecular weight is 596 g/mol. The molecule has 2 atom stereocenters. The van der Waals surface area contributed by atoms with Crippen molar-refractivity contribution in [1.82, 2.24) is 25.4 Å². The molecule has 11 heteroatoms. The van der Waals surface area contributed by atoms with Crippen LogP contribution in [0.15, 0.2) is 65.4 Å². The number of hydrogen-bond donors (Lipinski definition) is 2. The van der Waals surface area contributed by atoms with Crippen LogP contribution in [0.1, 0.15) is 61.6 Å². The Hall–Kier alpha value is -3.83. The zero-order chi connectivity index (χ0) is 30.6. The number of fused-ring (bicyclic) bond motifs is 1. The van der Waals surface area contributed by atoms with E-state index in [0.29, 0.717) is 42.5 Å². The summed E-state index contributed by atoms with van der Waals surface area (Å²) in [7, 11) is 0. The summed E-state index contributed by atoms with van der Waals surface area (Å²) >= 11 is 0. The molecule has 2 saturated heterocycles. The topological polar surface area (TPSA) is 87.3 Å². The number of aromatic nitrogens is 3. The Kier molecular flexibility index (Phi) is 7.29. The van der Waals surface area contributed by atoms with Crippen LogP contribution in [-0.4, -0.2) is 44.8 Å². The Morgan fingerprint density at radius 1 is 1.14 bits per heavy atom. The minimum Gasteiger partial charge on any atom is -0.413 e. The van der Waals surface area contributed by atoms with Gasteiger partial charge in [0, 0.05) is 65.9 Å². The predicted molar refractivity (Wildman–Crippen MR) is 153 cm³/mol. The number of aliphatic hydroxyl groups is 1. The van der Waals surface area contributed by atoms with Crippen molar-refractivity contribution in [2.24, 2.45) is 5.41 Å². The van der Waals surface area contributed by atoms with Crippen molar-refractivity contribution in [1.29, 1.82) is 0 Å². The van der Waals surface area contributed by atoms with Gasteiger partial charge >= 0.3 is 12.1 Å². The molecule has 0 radical (unpaired) electrons. The smallest absolute Gasteiger partial charge is 0.413 e. The summed E-state index contributed by atoms with van der Waals surface area (Å²) in [6, 6.07) is 12.2. The quantitative estimate of drug-likeness (QED) is 0.253. The fourth-order valence-corrected chi connectivity index (χ4v) is 6.34. The lowest BCUT2D eigenvalue weighted by molar-refractivity contribution is -0.156. The van der Waals surface area contributed by atoms with E-state index in [1.807, 2.05) is 26.1 Å². The van der Waals surface area contributed by atoms with Crippen LogP contribution < -0.4 is 5.32 Å². The molecule has 43 heavy (non-hydrogen) atoms. The highest BCUT2D eigenvalue weighted by Crippen LogP contribution is 2.48. The van der Waals surface area contributed by atoms with Gasteiger partial charge in [-0.15, -0.1) is 10.2 Å². The fourth-order valence-electron chi connectivity index (χ4n) is 6.34. The number of pyridine rings is 1. The molecule has 0 aliphatic carbocycles. The summed E-state index contributed by atoms with van der Waals surface area (Å²) in [6.45, 7) is 10.2. The molecule has 2 aliphatic heterocycles. The van der Waals surface area contributed by atoms with Crippen LogP contribution in [0.5, 0.6) is 0 Å². The molecule has 2 aliphatic rings. The fraction of sp³-hybridized carbons (Fsp3) is 0.406. The summed E-state index contributed by atoms with van der Waals surface area (Å²) in [5.41, 5.74) is 2.02. The maximum atomic E-state index is 16.2. The summed E-state index contributed by atoms with van der Waals surface area (Å²) in [5.74, 6) is -1.81. The molecule has 4 aromatic rings. The molecule has 0 saturated carbocycles. The van der Waals surface area contributed by atoms with Gasteiger partial charge in [0.25, 0.3) is 0 Å². The van der Waals surface area contributed by atoms with Gasteiger partial charge in [-0.25, -0.2) is 4.39 Å². The lowest BCUT2D eigenvalue weighted by atomic mass is 9.66. The number of nitrogens with zero attached hydrogens (tertiary/aromatic N) is 4. The second-order valence-corrected chi connectivity index (χ2v) is 12.3. The number of hydrogen-bond acceptors (Lipinski definition) is 7. The Bertz CT molecular complexity index is 1660. The molecule has 0 amide bonds. The normalized spacial score (nSPS) is 23.0. The Balaban J connectivity index is 1.18. The van der Waals surface area contributed by atoms with E-state index in [1.165, 1.54) is 0 Å². The third-order valence-corrected chi connectivity index (χ3v) is 8.93. The van der Waals surface area contributed by atoms with Gasteiger partial charge in [0.15, 0.2) is 0 Å². The molecular weight excluding hydrogens is 562 g/mol. The number of rotatable bonds is 5. The summed E-state index contributed by atoms with van der Waals surface area (Å²) in [6.07, 6.45) is -0.780. The molecule has 4 heterocycles. The van der Waals surface area contributed by atoms with E-state index < -0.39 is 28.9 Å². The molecule has 2 aromatic heterocycles.